The van der Waals surface area contributed by atoms with Crippen LogP contribution in [-0.2, 0) is 32.2 Å². The number of aliphatic hydroxyl groups is 3. The molecule has 0 unspecified atom stereocenters. The molecule has 4 aromatic rings. The van der Waals surface area contributed by atoms with E-state index in [-0.39, 0.29) is 47.9 Å². The van der Waals surface area contributed by atoms with Crippen LogP contribution in [0.5, 0.6) is 5.75 Å². The van der Waals surface area contributed by atoms with Gasteiger partial charge in [0.05, 0.1) is 23.9 Å². The SMILES string of the molecule is Cc1cc(C(=O)NC[C@@H](O)[C@@H](O)[C@@H]2O[C@@](C/C=C/c3cccc(CNC(=O)[C@@H]4C[C@H]4c4ccccc4)c3)(C(=O)O)C[C@H](O)[C@H]2NC(=O)Cn2cc(C3CCCCC3)nn2)cc(C)c1O. The molecule has 8 N–H and O–H groups in total. The summed E-state index contributed by atoms with van der Waals surface area (Å²) in [6.07, 6.45) is 3.41. The van der Waals surface area contributed by atoms with Gasteiger partial charge in [-0.3, -0.25) is 14.4 Å². The molecule has 16 nitrogen and oxygen atoms in total. The summed E-state index contributed by atoms with van der Waals surface area (Å²) in [4.78, 5) is 52.6. The number of carbonyl (C=O) groups is 4. The van der Waals surface area contributed by atoms with Gasteiger partial charge in [0.2, 0.25) is 11.8 Å². The summed E-state index contributed by atoms with van der Waals surface area (Å²) >= 11 is 0. The highest BCUT2D eigenvalue weighted by molar-refractivity contribution is 5.95. The lowest BCUT2D eigenvalue weighted by molar-refractivity contribution is -0.226. The minimum Gasteiger partial charge on any atom is -0.507 e. The number of carboxylic acids is 1. The number of aliphatic hydroxyl groups excluding tert-OH is 3. The molecule has 2 heterocycles. The second-order valence-electron chi connectivity index (χ2n) is 17.6. The van der Waals surface area contributed by atoms with Crippen molar-refractivity contribution in [1.82, 2.24) is 30.9 Å². The Balaban J connectivity index is 1.03. The summed E-state index contributed by atoms with van der Waals surface area (Å²) in [6, 6.07) is 18.9. The summed E-state index contributed by atoms with van der Waals surface area (Å²) in [5, 5.41) is 72.0. The van der Waals surface area contributed by atoms with Gasteiger partial charge in [0.25, 0.3) is 5.91 Å². The first-order valence-corrected chi connectivity index (χ1v) is 22.0. The van der Waals surface area contributed by atoms with Crippen molar-refractivity contribution in [2.45, 2.75) is 126 Å². The zero-order valence-corrected chi connectivity index (χ0v) is 36.1. The molecule has 0 bridgehead atoms. The van der Waals surface area contributed by atoms with Crippen LogP contribution in [0.4, 0.5) is 0 Å². The molecular weight excluding hydrogens is 821 g/mol. The second-order valence-corrected chi connectivity index (χ2v) is 17.6. The van der Waals surface area contributed by atoms with Gasteiger partial charge in [0, 0.05) is 49.5 Å². The molecule has 2 aliphatic carbocycles. The summed E-state index contributed by atoms with van der Waals surface area (Å²) in [5.74, 6) is -2.28. The third-order valence-corrected chi connectivity index (χ3v) is 12.8. The zero-order chi connectivity index (χ0) is 45.5. The van der Waals surface area contributed by atoms with Gasteiger partial charge in [0.1, 0.15) is 24.5 Å². The molecule has 0 spiro atoms. The number of carbonyl (C=O) groups excluding carboxylic acids is 3. The number of phenols is 1. The average molecular weight is 879 g/mol. The Morgan fingerprint density at radius 2 is 1.70 bits per heavy atom. The van der Waals surface area contributed by atoms with Crippen LogP contribution in [0, 0.1) is 19.8 Å². The van der Waals surface area contributed by atoms with Gasteiger partial charge in [-0.15, -0.1) is 5.10 Å². The number of benzene rings is 3. The van der Waals surface area contributed by atoms with Crippen molar-refractivity contribution in [1.29, 1.82) is 0 Å². The lowest BCUT2D eigenvalue weighted by Gasteiger charge is -2.47. The molecule has 3 aromatic carbocycles. The Hall–Kier alpha value is -5.94. The van der Waals surface area contributed by atoms with E-state index in [2.05, 4.69) is 26.3 Å². The highest BCUT2D eigenvalue weighted by Gasteiger charge is 2.54. The molecule has 2 saturated carbocycles. The molecular formula is C48H58N6O10. The fourth-order valence-corrected chi connectivity index (χ4v) is 9.03. The Morgan fingerprint density at radius 1 is 0.969 bits per heavy atom. The number of hydrogen-bond acceptors (Lipinski definition) is 11. The number of aryl methyl sites for hydroxylation is 2. The number of nitrogens with one attached hydrogen (secondary N) is 3. The molecule has 3 fully saturated rings. The molecule has 7 rings (SSSR count). The van der Waals surface area contributed by atoms with E-state index in [1.54, 1.807) is 32.2 Å². The molecule has 1 aromatic heterocycles. The first kappa shape index (κ1) is 46.1. The van der Waals surface area contributed by atoms with Crippen LogP contribution in [-0.4, -0.2) is 107 Å². The van der Waals surface area contributed by atoms with Gasteiger partial charge in [-0.1, -0.05) is 85.2 Å². The van der Waals surface area contributed by atoms with Crippen LogP contribution in [0.2, 0.25) is 0 Å². The number of aromatic nitrogens is 3. The van der Waals surface area contributed by atoms with Crippen LogP contribution < -0.4 is 16.0 Å². The second kappa shape index (κ2) is 20.3. The van der Waals surface area contributed by atoms with E-state index in [1.165, 1.54) is 16.8 Å². The summed E-state index contributed by atoms with van der Waals surface area (Å²) in [5.41, 5.74) is 2.49. The molecule has 1 saturated heterocycles. The predicted molar refractivity (Wildman–Crippen MR) is 235 cm³/mol. The van der Waals surface area contributed by atoms with Gasteiger partial charge in [-0.2, -0.15) is 0 Å². The number of aromatic hydroxyl groups is 1. The zero-order valence-electron chi connectivity index (χ0n) is 36.1. The van der Waals surface area contributed by atoms with Crippen molar-refractivity contribution in [3.8, 4) is 5.75 Å². The first-order chi connectivity index (χ1) is 30.7. The maximum atomic E-state index is 13.5. The molecule has 64 heavy (non-hydrogen) atoms. The first-order valence-electron chi connectivity index (χ1n) is 22.0. The third kappa shape index (κ3) is 11.0. The lowest BCUT2D eigenvalue weighted by Crippen LogP contribution is -2.67. The van der Waals surface area contributed by atoms with Crippen LogP contribution in [0.3, 0.4) is 0 Å². The lowest BCUT2D eigenvalue weighted by atomic mass is 9.81. The number of nitrogens with zero attached hydrogens (tertiary/aromatic N) is 3. The van der Waals surface area contributed by atoms with Gasteiger partial charge in [0.15, 0.2) is 5.60 Å². The van der Waals surface area contributed by atoms with Crippen molar-refractivity contribution in [3.63, 3.8) is 0 Å². The highest BCUT2D eigenvalue weighted by atomic mass is 16.6. The summed E-state index contributed by atoms with van der Waals surface area (Å²) in [7, 11) is 0. The maximum Gasteiger partial charge on any atom is 0.336 e. The number of rotatable bonds is 17. The molecule has 1 aliphatic heterocycles. The van der Waals surface area contributed by atoms with Gasteiger partial charge >= 0.3 is 5.97 Å². The van der Waals surface area contributed by atoms with Crippen LogP contribution >= 0.6 is 0 Å². The van der Waals surface area contributed by atoms with Crippen molar-refractivity contribution in [2.24, 2.45) is 5.92 Å². The van der Waals surface area contributed by atoms with Crippen LogP contribution in [0.25, 0.3) is 6.08 Å². The molecule has 16 heteroatoms. The normalized spacial score (nSPS) is 24.4. The van der Waals surface area contributed by atoms with E-state index < -0.39 is 66.8 Å². The maximum absolute atomic E-state index is 13.5. The number of aliphatic carboxylic acids is 1. The van der Waals surface area contributed by atoms with Crippen LogP contribution in [0.1, 0.15) is 107 Å². The van der Waals surface area contributed by atoms with Crippen molar-refractivity contribution in [2.75, 3.05) is 6.54 Å². The van der Waals surface area contributed by atoms with Crippen LogP contribution in [0.15, 0.2) is 79.0 Å². The monoisotopic (exact) mass is 878 g/mol. The van der Waals surface area contributed by atoms with Crippen molar-refractivity contribution < 1.29 is 49.4 Å². The van der Waals surface area contributed by atoms with Gasteiger partial charge < -0.3 is 46.2 Å². The molecule has 8 atom stereocenters. The minimum absolute atomic E-state index is 0.0189. The highest BCUT2D eigenvalue weighted by Crippen LogP contribution is 2.47. The Bertz CT molecular complexity index is 2310. The van der Waals surface area contributed by atoms with Gasteiger partial charge in [-0.05, 0) is 85.0 Å². The van der Waals surface area contributed by atoms with Gasteiger partial charge in [-0.25, -0.2) is 9.48 Å². The van der Waals surface area contributed by atoms with E-state index in [4.69, 9.17) is 4.74 Å². The minimum atomic E-state index is -2.11. The number of phenolic OH excluding ortho intramolecular Hbond substituents is 1. The average Bonchev–Trinajstić information content (AvgIpc) is 3.97. The standard InChI is InChI=1S/C48H58N6O10/c1-28-19-34(20-29(2)42(28)58)45(60)50-25-39(56)43(59)44-41(51-40(57)27-54-26-37(52-53-54)33-16-7-4-8-17-33)38(55)23-48(64-44,47(62)63)18-10-13-30-11-9-12-31(21-30)24-49-46(61)36-22-35(36)32-14-5-3-6-15-32/h3,5-6,9-15,19-21,26,33,35-36,38-39,41,43-44,55-56,58-59H,4,7-8,16-18,22-25,27H2,1-2H3,(H,49,61)(H,50,60)(H,51,57)(H,62,63)/b13-10+/t35-,36+,38-,39+,41+,43+,44+,48+/m0/s1. The van der Waals surface area contributed by atoms with Crippen molar-refractivity contribution >= 4 is 29.8 Å². The Labute approximate surface area is 371 Å². The Morgan fingerprint density at radius 3 is 2.42 bits per heavy atom. The number of ether oxygens (including phenoxy) is 1. The number of amides is 3. The van der Waals surface area contributed by atoms with E-state index in [9.17, 15) is 44.7 Å². The van der Waals surface area contributed by atoms with Crippen molar-refractivity contribution in [3.05, 3.63) is 118 Å². The molecule has 3 amide bonds. The molecule has 3 aliphatic rings. The third-order valence-electron chi connectivity index (χ3n) is 12.8. The summed E-state index contributed by atoms with van der Waals surface area (Å²) < 4.78 is 7.59. The van der Waals surface area contributed by atoms with E-state index in [0.717, 1.165) is 55.3 Å². The number of hydrogen-bond donors (Lipinski definition) is 8. The quantitative estimate of drug-likeness (QED) is 0.0756. The fourth-order valence-electron chi connectivity index (χ4n) is 9.03. The fraction of sp³-hybridized carbons (Fsp3) is 0.458. The van der Waals surface area contributed by atoms with E-state index in [0.29, 0.717) is 23.2 Å². The predicted octanol–water partition coefficient (Wildman–Crippen LogP) is 3.78. The van der Waals surface area contributed by atoms with E-state index in [1.807, 2.05) is 54.6 Å². The Kier molecular flexibility index (Phi) is 14.6. The number of carboxylic acid groups (broad SMARTS) is 1. The molecule has 340 valence electrons. The smallest absolute Gasteiger partial charge is 0.336 e. The van der Waals surface area contributed by atoms with E-state index >= 15 is 0 Å². The topological polar surface area (TPSA) is 245 Å². The summed E-state index contributed by atoms with van der Waals surface area (Å²) in [6.45, 7) is 2.77. The molecule has 0 radical (unpaired) electrons. The largest absolute Gasteiger partial charge is 0.507 e.